The molecule has 5 rings (SSSR count). The summed E-state index contributed by atoms with van der Waals surface area (Å²) >= 11 is 0. The highest BCUT2D eigenvalue weighted by Gasteiger charge is 2.16. The van der Waals surface area contributed by atoms with Crippen molar-refractivity contribution >= 4 is 10.8 Å². The molecule has 0 aromatic heterocycles. The van der Waals surface area contributed by atoms with Crippen LogP contribution in [-0.4, -0.2) is 25.5 Å². The SMILES string of the molecule is Oc1ccc(Cc2cc3c(O)c(Cc4ccc(O)cc4)cc(Cc4ccc(O)cc4)c3cc2O)cc1. The van der Waals surface area contributed by atoms with Crippen LogP contribution in [0.25, 0.3) is 10.8 Å². The average Bonchev–Trinajstić information content (AvgIpc) is 2.87. The monoisotopic (exact) mass is 478 g/mol. The Bertz CT molecular complexity index is 1520. The van der Waals surface area contributed by atoms with Gasteiger partial charge in [0.2, 0.25) is 0 Å². The topological polar surface area (TPSA) is 101 Å². The Balaban J connectivity index is 1.62. The van der Waals surface area contributed by atoms with Crippen LogP contribution in [0.4, 0.5) is 0 Å². The van der Waals surface area contributed by atoms with Crippen LogP contribution in [0.1, 0.15) is 33.4 Å². The van der Waals surface area contributed by atoms with Gasteiger partial charge >= 0.3 is 0 Å². The summed E-state index contributed by atoms with van der Waals surface area (Å²) < 4.78 is 0. The molecule has 36 heavy (non-hydrogen) atoms. The van der Waals surface area contributed by atoms with Gasteiger partial charge in [-0.3, -0.25) is 0 Å². The number of rotatable bonds is 6. The summed E-state index contributed by atoms with van der Waals surface area (Å²) in [6.07, 6.45) is 1.46. The predicted octanol–water partition coefficient (Wildman–Crippen LogP) is 6.14. The number of benzene rings is 5. The van der Waals surface area contributed by atoms with E-state index in [0.29, 0.717) is 30.2 Å². The summed E-state index contributed by atoms with van der Waals surface area (Å²) in [6, 6.07) is 26.2. The van der Waals surface area contributed by atoms with E-state index in [2.05, 4.69) is 0 Å². The van der Waals surface area contributed by atoms with Crippen molar-refractivity contribution in [1.82, 2.24) is 0 Å². The minimum absolute atomic E-state index is 0.133. The fraction of sp³-hybridized carbons (Fsp3) is 0.0968. The minimum atomic E-state index is 0.133. The van der Waals surface area contributed by atoms with E-state index in [4.69, 9.17) is 0 Å². The molecule has 5 N–H and O–H groups in total. The first-order chi connectivity index (χ1) is 17.4. The van der Waals surface area contributed by atoms with Crippen molar-refractivity contribution in [3.05, 3.63) is 124 Å². The first-order valence-corrected chi connectivity index (χ1v) is 11.7. The number of fused-ring (bicyclic) bond motifs is 1. The maximum Gasteiger partial charge on any atom is 0.126 e. The predicted molar refractivity (Wildman–Crippen MR) is 140 cm³/mol. The van der Waals surface area contributed by atoms with Gasteiger partial charge in [-0.15, -0.1) is 0 Å². The zero-order valence-electron chi connectivity index (χ0n) is 19.5. The molecule has 0 saturated carbocycles. The second-order valence-electron chi connectivity index (χ2n) is 9.10. The van der Waals surface area contributed by atoms with E-state index in [1.807, 2.05) is 36.4 Å². The molecule has 180 valence electrons. The van der Waals surface area contributed by atoms with E-state index >= 15 is 0 Å². The molecule has 0 bridgehead atoms. The summed E-state index contributed by atoms with van der Waals surface area (Å²) in [6.45, 7) is 0. The van der Waals surface area contributed by atoms with Crippen LogP contribution in [0.5, 0.6) is 28.7 Å². The van der Waals surface area contributed by atoms with Gasteiger partial charge in [-0.1, -0.05) is 42.5 Å². The minimum Gasteiger partial charge on any atom is -0.508 e. The van der Waals surface area contributed by atoms with Gasteiger partial charge in [-0.25, -0.2) is 0 Å². The Hall–Kier alpha value is -4.64. The first-order valence-electron chi connectivity index (χ1n) is 11.7. The van der Waals surface area contributed by atoms with Gasteiger partial charge < -0.3 is 25.5 Å². The third-order valence-corrected chi connectivity index (χ3v) is 6.47. The van der Waals surface area contributed by atoms with Gasteiger partial charge in [0.25, 0.3) is 0 Å². The lowest BCUT2D eigenvalue weighted by molar-refractivity contribution is 0.468. The van der Waals surface area contributed by atoms with Crippen molar-refractivity contribution < 1.29 is 25.5 Å². The van der Waals surface area contributed by atoms with Crippen LogP contribution in [0.3, 0.4) is 0 Å². The summed E-state index contributed by atoms with van der Waals surface area (Å²) in [5, 5.41) is 52.5. The van der Waals surface area contributed by atoms with Crippen LogP contribution in [0.15, 0.2) is 91.0 Å². The first kappa shape index (κ1) is 23.1. The third kappa shape index (κ3) is 4.91. The highest BCUT2D eigenvalue weighted by Crippen LogP contribution is 2.38. The van der Waals surface area contributed by atoms with Crippen LogP contribution in [0, 0.1) is 0 Å². The summed E-state index contributed by atoms with van der Waals surface area (Å²) in [7, 11) is 0. The van der Waals surface area contributed by atoms with Crippen LogP contribution in [-0.2, 0) is 19.3 Å². The molecule has 5 aromatic rings. The summed E-state index contributed by atoms with van der Waals surface area (Å²) in [5.41, 5.74) is 5.20. The molecule has 0 aliphatic heterocycles. The molecule has 0 spiro atoms. The molecule has 0 radical (unpaired) electrons. The normalized spacial score (nSPS) is 11.1. The van der Waals surface area contributed by atoms with E-state index < -0.39 is 0 Å². The molecule has 0 saturated heterocycles. The zero-order valence-corrected chi connectivity index (χ0v) is 19.5. The van der Waals surface area contributed by atoms with Gasteiger partial charge in [0, 0.05) is 18.2 Å². The van der Waals surface area contributed by atoms with Gasteiger partial charge in [0.1, 0.15) is 28.7 Å². The van der Waals surface area contributed by atoms with Crippen LogP contribution in [0.2, 0.25) is 0 Å². The molecule has 5 heteroatoms. The Morgan fingerprint density at radius 2 is 0.806 bits per heavy atom. The van der Waals surface area contributed by atoms with Crippen molar-refractivity contribution in [2.75, 3.05) is 0 Å². The molecule has 0 unspecified atom stereocenters. The van der Waals surface area contributed by atoms with E-state index in [0.717, 1.165) is 33.2 Å². The second kappa shape index (κ2) is 9.55. The molecule has 0 atom stereocenters. The fourth-order valence-corrected chi connectivity index (χ4v) is 4.55. The highest BCUT2D eigenvalue weighted by atomic mass is 16.3. The van der Waals surface area contributed by atoms with Crippen molar-refractivity contribution in [3.8, 4) is 28.7 Å². The maximum atomic E-state index is 11.3. The Morgan fingerprint density at radius 1 is 0.389 bits per heavy atom. The molecular formula is C31H26O5. The lowest BCUT2D eigenvalue weighted by atomic mass is 9.90. The summed E-state index contributed by atoms with van der Waals surface area (Å²) in [4.78, 5) is 0. The average molecular weight is 479 g/mol. The van der Waals surface area contributed by atoms with Gasteiger partial charge in [0.15, 0.2) is 0 Å². The lowest BCUT2D eigenvalue weighted by Gasteiger charge is -2.16. The largest absolute Gasteiger partial charge is 0.508 e. The molecule has 0 aliphatic carbocycles. The van der Waals surface area contributed by atoms with E-state index in [1.165, 1.54) is 0 Å². The third-order valence-electron chi connectivity index (χ3n) is 6.47. The smallest absolute Gasteiger partial charge is 0.126 e. The molecule has 0 fully saturated rings. The second-order valence-corrected chi connectivity index (χ2v) is 9.10. The van der Waals surface area contributed by atoms with Gasteiger partial charge in [-0.05, 0) is 93.7 Å². The Kier molecular flexibility index (Phi) is 6.13. The van der Waals surface area contributed by atoms with Crippen molar-refractivity contribution in [2.24, 2.45) is 0 Å². The molecule has 5 nitrogen and oxygen atoms in total. The Morgan fingerprint density at radius 3 is 1.28 bits per heavy atom. The highest BCUT2D eigenvalue weighted by molar-refractivity contribution is 5.94. The quantitative estimate of drug-likeness (QED) is 0.202. The molecule has 0 aliphatic rings. The van der Waals surface area contributed by atoms with E-state index in [-0.39, 0.29) is 28.7 Å². The van der Waals surface area contributed by atoms with Gasteiger partial charge in [0.05, 0.1) is 0 Å². The number of hydrogen-bond donors (Lipinski definition) is 5. The standard InChI is InChI=1S/C31H26O5/c32-25-7-1-19(2-8-25)13-22-16-24(15-21-5-11-27(34)12-6-21)31(36)29-17-23(30(35)18-28(22)29)14-20-3-9-26(33)10-4-20/h1-12,16-18,32-36H,13-15H2. The van der Waals surface area contributed by atoms with Crippen LogP contribution >= 0.6 is 0 Å². The van der Waals surface area contributed by atoms with E-state index in [9.17, 15) is 25.5 Å². The maximum absolute atomic E-state index is 11.3. The summed E-state index contributed by atoms with van der Waals surface area (Å²) in [5.74, 6) is 0.840. The molecule has 5 aromatic carbocycles. The van der Waals surface area contributed by atoms with Crippen molar-refractivity contribution in [2.45, 2.75) is 19.3 Å². The lowest BCUT2D eigenvalue weighted by Crippen LogP contribution is -1.98. The number of phenolic OH excluding ortho intramolecular Hbond substituents is 5. The zero-order chi connectivity index (χ0) is 25.2. The molecule has 0 heterocycles. The fourth-order valence-electron chi connectivity index (χ4n) is 4.55. The Labute approximate surface area is 208 Å². The van der Waals surface area contributed by atoms with Gasteiger partial charge in [-0.2, -0.15) is 0 Å². The molecular weight excluding hydrogens is 452 g/mol. The van der Waals surface area contributed by atoms with Crippen molar-refractivity contribution in [1.29, 1.82) is 0 Å². The van der Waals surface area contributed by atoms with Crippen molar-refractivity contribution in [3.63, 3.8) is 0 Å². The van der Waals surface area contributed by atoms with E-state index in [1.54, 1.807) is 54.6 Å². The molecule has 0 amide bonds. The number of aromatic hydroxyl groups is 5. The van der Waals surface area contributed by atoms with Crippen LogP contribution < -0.4 is 0 Å². The number of hydrogen-bond acceptors (Lipinski definition) is 5. The number of phenols is 5.